The molecule has 0 fully saturated rings. The van der Waals surface area contributed by atoms with E-state index in [9.17, 15) is 14.4 Å². The van der Waals surface area contributed by atoms with Crippen molar-refractivity contribution < 1.29 is 4.79 Å². The smallest absolute Gasteiger partial charge is 0.330 e. The Kier molecular flexibility index (Phi) is 7.89. The molecule has 0 aliphatic heterocycles. The Bertz CT molecular complexity index is 1190. The summed E-state index contributed by atoms with van der Waals surface area (Å²) in [5.74, 6) is -0.291. The Hall–Kier alpha value is -3.32. The lowest BCUT2D eigenvalue weighted by atomic mass is 10.1. The summed E-state index contributed by atoms with van der Waals surface area (Å²) in [6.07, 6.45) is 2.11. The Morgan fingerprint density at radius 3 is 2.47 bits per heavy atom. The van der Waals surface area contributed by atoms with E-state index in [1.165, 1.54) is 9.47 Å². The molecule has 0 radical (unpaired) electrons. The van der Waals surface area contributed by atoms with Crippen LogP contribution in [0.2, 0.25) is 5.02 Å². The molecule has 0 spiro atoms. The average Bonchev–Trinajstić information content (AvgIpc) is 2.78. The molecule has 8 heteroatoms. The molecule has 7 nitrogen and oxygen atoms in total. The van der Waals surface area contributed by atoms with Gasteiger partial charge < -0.3 is 10.6 Å². The van der Waals surface area contributed by atoms with Gasteiger partial charge in [-0.1, -0.05) is 73.5 Å². The number of rotatable bonds is 9. The number of carbonyl (C=O) groups excluding carboxylic acids is 1. The van der Waals surface area contributed by atoms with Gasteiger partial charge in [0.1, 0.15) is 5.82 Å². The van der Waals surface area contributed by atoms with Crippen LogP contribution in [0.1, 0.15) is 37.3 Å². The summed E-state index contributed by atoms with van der Waals surface area (Å²) in [6.45, 7) is 2.51. The lowest BCUT2D eigenvalue weighted by Crippen LogP contribution is -2.41. The summed E-state index contributed by atoms with van der Waals surface area (Å²) < 4.78 is 1.32. The van der Waals surface area contributed by atoms with Crippen LogP contribution in [0.3, 0.4) is 0 Å². The third kappa shape index (κ3) is 5.48. The standard InChI is InChI=1S/C24H27ClN4O3/c1-2-3-15-28-22(26)21(23(31)27-24(28)32)29(16-17-9-5-4-6-10-17)20(30)14-13-18-11-7-8-12-19(18)25/h4-12H,2-3,13-16,26H2,1H3,(H,27,31,32). The molecule has 1 aromatic heterocycles. The number of nitrogens with two attached hydrogens (primary N) is 1. The molecule has 0 saturated heterocycles. The number of nitrogens with zero attached hydrogens (tertiary/aromatic N) is 2. The zero-order valence-corrected chi connectivity index (χ0v) is 18.8. The quantitative estimate of drug-likeness (QED) is 0.514. The van der Waals surface area contributed by atoms with Crippen LogP contribution in [0.5, 0.6) is 0 Å². The van der Waals surface area contributed by atoms with E-state index < -0.39 is 11.2 Å². The van der Waals surface area contributed by atoms with Crippen molar-refractivity contribution in [2.45, 2.75) is 45.7 Å². The number of unbranched alkanes of at least 4 members (excludes halogenated alkanes) is 1. The van der Waals surface area contributed by atoms with Gasteiger partial charge in [-0.15, -0.1) is 0 Å². The summed E-state index contributed by atoms with van der Waals surface area (Å²) in [6, 6.07) is 16.7. The predicted molar refractivity (Wildman–Crippen MR) is 128 cm³/mol. The van der Waals surface area contributed by atoms with Crippen LogP contribution >= 0.6 is 11.6 Å². The van der Waals surface area contributed by atoms with Crippen LogP contribution in [-0.4, -0.2) is 15.5 Å². The van der Waals surface area contributed by atoms with Crippen LogP contribution in [0.4, 0.5) is 11.5 Å². The molecule has 1 amide bonds. The van der Waals surface area contributed by atoms with E-state index in [0.29, 0.717) is 24.4 Å². The van der Waals surface area contributed by atoms with Crippen LogP contribution < -0.4 is 21.9 Å². The summed E-state index contributed by atoms with van der Waals surface area (Å²) in [5.41, 5.74) is 6.70. The number of amides is 1. The van der Waals surface area contributed by atoms with Gasteiger partial charge in [0.05, 0.1) is 6.54 Å². The van der Waals surface area contributed by atoms with Crippen molar-refractivity contribution in [2.24, 2.45) is 0 Å². The maximum Gasteiger partial charge on any atom is 0.330 e. The van der Waals surface area contributed by atoms with Crippen LogP contribution in [0, 0.1) is 0 Å². The first-order valence-corrected chi connectivity index (χ1v) is 11.0. The lowest BCUT2D eigenvalue weighted by Gasteiger charge is -2.25. The third-order valence-electron chi connectivity index (χ3n) is 5.27. The Balaban J connectivity index is 1.99. The summed E-state index contributed by atoms with van der Waals surface area (Å²) >= 11 is 6.23. The molecule has 0 unspecified atom stereocenters. The zero-order chi connectivity index (χ0) is 23.1. The van der Waals surface area contributed by atoms with Gasteiger partial charge in [0, 0.05) is 18.0 Å². The first-order chi connectivity index (χ1) is 15.4. The Labute approximate surface area is 191 Å². The fourth-order valence-electron chi connectivity index (χ4n) is 3.51. The molecule has 168 valence electrons. The highest BCUT2D eigenvalue weighted by atomic mass is 35.5. The van der Waals surface area contributed by atoms with Gasteiger partial charge in [-0.25, -0.2) is 4.79 Å². The molecule has 2 aromatic carbocycles. The normalized spacial score (nSPS) is 10.8. The number of H-pyrrole nitrogens is 1. The van der Waals surface area contributed by atoms with Gasteiger partial charge in [0.2, 0.25) is 5.91 Å². The zero-order valence-electron chi connectivity index (χ0n) is 18.0. The topological polar surface area (TPSA) is 101 Å². The van der Waals surface area contributed by atoms with E-state index in [0.717, 1.165) is 17.5 Å². The van der Waals surface area contributed by atoms with E-state index in [2.05, 4.69) is 4.98 Å². The van der Waals surface area contributed by atoms with Gasteiger partial charge in [-0.2, -0.15) is 0 Å². The van der Waals surface area contributed by atoms with Gasteiger partial charge >= 0.3 is 5.69 Å². The van der Waals surface area contributed by atoms with Gasteiger partial charge in [-0.3, -0.25) is 19.1 Å². The molecule has 0 aliphatic rings. The predicted octanol–water partition coefficient (Wildman–Crippen LogP) is 3.74. The summed E-state index contributed by atoms with van der Waals surface area (Å²) in [5, 5.41) is 0.584. The second-order valence-corrected chi connectivity index (χ2v) is 7.96. The second-order valence-electron chi connectivity index (χ2n) is 7.56. The van der Waals surface area contributed by atoms with Crippen molar-refractivity contribution in [2.75, 3.05) is 10.6 Å². The number of nitrogens with one attached hydrogen (secondary N) is 1. The van der Waals surface area contributed by atoms with Crippen molar-refractivity contribution in [3.8, 4) is 0 Å². The molecule has 0 saturated carbocycles. The van der Waals surface area contributed by atoms with E-state index in [-0.39, 0.29) is 30.4 Å². The molecule has 0 atom stereocenters. The van der Waals surface area contributed by atoms with Crippen LogP contribution in [0.25, 0.3) is 0 Å². The number of carbonyl (C=O) groups is 1. The van der Waals surface area contributed by atoms with E-state index in [4.69, 9.17) is 17.3 Å². The monoisotopic (exact) mass is 454 g/mol. The lowest BCUT2D eigenvalue weighted by molar-refractivity contribution is -0.118. The fraction of sp³-hybridized carbons (Fsp3) is 0.292. The number of nitrogen functional groups attached to an aromatic ring is 1. The summed E-state index contributed by atoms with van der Waals surface area (Å²) in [4.78, 5) is 42.1. The Morgan fingerprint density at radius 1 is 1.09 bits per heavy atom. The number of benzene rings is 2. The number of aromatic nitrogens is 2. The summed E-state index contributed by atoms with van der Waals surface area (Å²) in [7, 11) is 0. The van der Waals surface area contributed by atoms with Crippen molar-refractivity contribution in [3.05, 3.63) is 91.6 Å². The maximum atomic E-state index is 13.3. The molecular weight excluding hydrogens is 428 g/mol. The number of hydrogen-bond donors (Lipinski definition) is 2. The van der Waals surface area contributed by atoms with Gasteiger partial charge in [-0.05, 0) is 30.0 Å². The van der Waals surface area contributed by atoms with Crippen LogP contribution in [0.15, 0.2) is 64.2 Å². The SMILES string of the molecule is CCCCn1c(N)c(N(Cc2ccccc2)C(=O)CCc2ccccc2Cl)c(=O)[nH]c1=O. The second kappa shape index (κ2) is 10.8. The highest BCUT2D eigenvalue weighted by Crippen LogP contribution is 2.23. The highest BCUT2D eigenvalue weighted by Gasteiger charge is 2.24. The number of halogens is 1. The minimum Gasteiger partial charge on any atom is -0.383 e. The number of aromatic amines is 1. The molecule has 0 bridgehead atoms. The van der Waals surface area contributed by atoms with E-state index in [1.807, 2.05) is 55.5 Å². The molecule has 0 aliphatic carbocycles. The van der Waals surface area contributed by atoms with Gasteiger partial charge in [0.25, 0.3) is 5.56 Å². The molecular formula is C24H27ClN4O3. The molecule has 3 aromatic rings. The van der Waals surface area contributed by atoms with Crippen molar-refractivity contribution in [3.63, 3.8) is 0 Å². The van der Waals surface area contributed by atoms with Crippen molar-refractivity contribution in [1.82, 2.24) is 9.55 Å². The fourth-order valence-corrected chi connectivity index (χ4v) is 3.74. The minimum absolute atomic E-state index is 0.00535. The molecule has 1 heterocycles. The molecule has 3 rings (SSSR count). The third-order valence-corrected chi connectivity index (χ3v) is 5.64. The first kappa shape index (κ1) is 23.3. The molecule has 3 N–H and O–H groups in total. The minimum atomic E-state index is -0.678. The Morgan fingerprint density at radius 2 is 1.78 bits per heavy atom. The van der Waals surface area contributed by atoms with Crippen LogP contribution in [-0.2, 0) is 24.3 Å². The van der Waals surface area contributed by atoms with E-state index >= 15 is 0 Å². The van der Waals surface area contributed by atoms with Gasteiger partial charge in [0.15, 0.2) is 5.69 Å². The number of anilines is 2. The first-order valence-electron chi connectivity index (χ1n) is 10.6. The highest BCUT2D eigenvalue weighted by molar-refractivity contribution is 6.31. The largest absolute Gasteiger partial charge is 0.383 e. The average molecular weight is 455 g/mol. The maximum absolute atomic E-state index is 13.3. The number of hydrogen-bond acceptors (Lipinski definition) is 4. The number of aryl methyl sites for hydroxylation is 1. The van der Waals surface area contributed by atoms with Crippen molar-refractivity contribution in [1.29, 1.82) is 0 Å². The van der Waals surface area contributed by atoms with Crippen molar-refractivity contribution >= 4 is 29.0 Å². The molecule has 32 heavy (non-hydrogen) atoms. The van der Waals surface area contributed by atoms with E-state index in [1.54, 1.807) is 6.07 Å².